The minimum absolute atomic E-state index is 0.00280. The van der Waals surface area contributed by atoms with Crippen LogP contribution < -0.4 is 5.32 Å². The molecule has 3 rings (SSSR count). The van der Waals surface area contributed by atoms with Crippen LogP contribution in [0.25, 0.3) is 0 Å². The number of hydrogen-bond donors (Lipinski definition) is 1. The predicted octanol–water partition coefficient (Wildman–Crippen LogP) is 4.43. The first-order valence-corrected chi connectivity index (χ1v) is 14.6. The molecule has 41 heavy (non-hydrogen) atoms. The van der Waals surface area contributed by atoms with Gasteiger partial charge in [-0.15, -0.1) is 13.2 Å². The molecule has 0 spiro atoms. The Morgan fingerprint density at radius 1 is 1.05 bits per heavy atom. The van der Waals surface area contributed by atoms with Gasteiger partial charge in [0.15, 0.2) is 0 Å². The Hall–Kier alpha value is -3.17. The maximum Gasteiger partial charge on any atom is 0.410 e. The highest BCUT2D eigenvalue weighted by Gasteiger charge is 2.47. The number of ether oxygens (including phenoxy) is 3. The zero-order valence-electron chi connectivity index (χ0n) is 25.0. The van der Waals surface area contributed by atoms with Gasteiger partial charge in [0.1, 0.15) is 5.60 Å². The molecule has 9 nitrogen and oxygen atoms in total. The molecule has 1 unspecified atom stereocenters. The van der Waals surface area contributed by atoms with Gasteiger partial charge in [-0.2, -0.15) is 0 Å². The summed E-state index contributed by atoms with van der Waals surface area (Å²) < 4.78 is 16.9. The van der Waals surface area contributed by atoms with Crippen LogP contribution in [0.5, 0.6) is 0 Å². The van der Waals surface area contributed by atoms with E-state index in [1.165, 1.54) is 5.56 Å². The molecule has 9 heteroatoms. The highest BCUT2D eigenvalue weighted by molar-refractivity contribution is 5.84. The van der Waals surface area contributed by atoms with Crippen molar-refractivity contribution < 1.29 is 28.6 Å². The largest absolute Gasteiger partial charge is 0.444 e. The number of piperidine rings is 1. The monoisotopic (exact) mass is 569 g/mol. The van der Waals surface area contributed by atoms with Gasteiger partial charge in [0.05, 0.1) is 31.3 Å². The van der Waals surface area contributed by atoms with E-state index in [-0.39, 0.29) is 30.6 Å². The van der Waals surface area contributed by atoms with Crippen LogP contribution in [0.2, 0.25) is 0 Å². The Kier molecular flexibility index (Phi) is 12.0. The summed E-state index contributed by atoms with van der Waals surface area (Å²) >= 11 is 0. The normalized spacial score (nSPS) is 18.3. The van der Waals surface area contributed by atoms with Gasteiger partial charge in [0, 0.05) is 39.2 Å². The Bertz CT molecular complexity index is 1060. The van der Waals surface area contributed by atoms with E-state index in [1.54, 1.807) is 17.1 Å². The minimum Gasteiger partial charge on any atom is -0.444 e. The highest BCUT2D eigenvalue weighted by atomic mass is 16.6. The average molecular weight is 570 g/mol. The van der Waals surface area contributed by atoms with Gasteiger partial charge in [-0.25, -0.2) is 4.79 Å². The van der Waals surface area contributed by atoms with Crippen molar-refractivity contribution in [1.29, 1.82) is 0 Å². The second kappa shape index (κ2) is 15.2. The summed E-state index contributed by atoms with van der Waals surface area (Å²) in [4.78, 5) is 43.5. The molecule has 1 atom stereocenters. The molecule has 2 aliphatic heterocycles. The van der Waals surface area contributed by atoms with Crippen molar-refractivity contribution in [3.05, 3.63) is 60.7 Å². The number of likely N-dealkylation sites (tertiary alicyclic amines) is 1. The quantitative estimate of drug-likeness (QED) is 0.279. The predicted molar refractivity (Wildman–Crippen MR) is 158 cm³/mol. The second-order valence-corrected chi connectivity index (χ2v) is 11.8. The SMILES string of the molecule is C=CCOCCCC(=O)NCC1c2ccccc2CCN1C(=O)C1(COCC=C)CCN(C(=O)OC(C)(C)C)CC1. The first-order valence-electron chi connectivity index (χ1n) is 14.6. The van der Waals surface area contributed by atoms with Crippen LogP contribution in [0.1, 0.15) is 63.6 Å². The fraction of sp³-hybridized carbons (Fsp3) is 0.594. The van der Waals surface area contributed by atoms with Crippen LogP contribution in [-0.2, 0) is 30.2 Å². The maximum absolute atomic E-state index is 14.5. The van der Waals surface area contributed by atoms with E-state index < -0.39 is 11.0 Å². The van der Waals surface area contributed by atoms with E-state index in [0.717, 1.165) is 12.0 Å². The topological polar surface area (TPSA) is 97.4 Å². The molecule has 1 aromatic carbocycles. The van der Waals surface area contributed by atoms with Crippen molar-refractivity contribution in [2.45, 2.75) is 64.5 Å². The number of nitrogens with one attached hydrogen (secondary N) is 1. The van der Waals surface area contributed by atoms with Crippen LogP contribution >= 0.6 is 0 Å². The Morgan fingerprint density at radius 3 is 2.41 bits per heavy atom. The van der Waals surface area contributed by atoms with Crippen molar-refractivity contribution in [3.63, 3.8) is 0 Å². The van der Waals surface area contributed by atoms with Gasteiger partial charge < -0.3 is 29.3 Å². The first kappa shape index (κ1) is 32.3. The van der Waals surface area contributed by atoms with E-state index in [1.807, 2.05) is 43.9 Å². The van der Waals surface area contributed by atoms with Crippen molar-refractivity contribution in [2.75, 3.05) is 52.6 Å². The summed E-state index contributed by atoms with van der Waals surface area (Å²) in [5.74, 6) is -0.0747. The molecule has 1 aromatic rings. The number of rotatable bonds is 13. The van der Waals surface area contributed by atoms with Gasteiger partial charge >= 0.3 is 6.09 Å². The molecule has 1 N–H and O–H groups in total. The molecule has 0 radical (unpaired) electrons. The summed E-state index contributed by atoms with van der Waals surface area (Å²) in [7, 11) is 0. The molecular formula is C32H47N3O6. The number of carbonyl (C=O) groups excluding carboxylic acids is 3. The van der Waals surface area contributed by atoms with Crippen molar-refractivity contribution in [1.82, 2.24) is 15.1 Å². The lowest BCUT2D eigenvalue weighted by molar-refractivity contribution is -0.153. The van der Waals surface area contributed by atoms with E-state index in [4.69, 9.17) is 14.2 Å². The fourth-order valence-electron chi connectivity index (χ4n) is 5.42. The van der Waals surface area contributed by atoms with E-state index in [9.17, 15) is 14.4 Å². The molecule has 2 heterocycles. The van der Waals surface area contributed by atoms with Crippen LogP contribution in [0.4, 0.5) is 4.79 Å². The third-order valence-corrected chi connectivity index (χ3v) is 7.53. The van der Waals surface area contributed by atoms with Crippen LogP contribution in [-0.4, -0.2) is 85.9 Å². The Balaban J connectivity index is 1.76. The molecule has 1 fully saturated rings. The van der Waals surface area contributed by atoms with Gasteiger partial charge in [-0.1, -0.05) is 36.4 Å². The highest BCUT2D eigenvalue weighted by Crippen LogP contribution is 2.39. The molecule has 0 aromatic heterocycles. The van der Waals surface area contributed by atoms with Gasteiger partial charge in [-0.3, -0.25) is 9.59 Å². The number of hydrogen-bond acceptors (Lipinski definition) is 6. The number of benzene rings is 1. The lowest BCUT2D eigenvalue weighted by Gasteiger charge is -2.46. The van der Waals surface area contributed by atoms with Gasteiger partial charge in [0.2, 0.25) is 11.8 Å². The second-order valence-electron chi connectivity index (χ2n) is 11.8. The van der Waals surface area contributed by atoms with Crippen molar-refractivity contribution in [2.24, 2.45) is 5.41 Å². The molecule has 0 saturated carbocycles. The molecule has 1 saturated heterocycles. The number of nitrogens with zero attached hydrogens (tertiary/aromatic N) is 2. The zero-order chi connectivity index (χ0) is 29.9. The number of fused-ring (bicyclic) bond motifs is 1. The molecule has 2 aliphatic rings. The maximum atomic E-state index is 14.5. The molecule has 226 valence electrons. The summed E-state index contributed by atoms with van der Waals surface area (Å²) in [6.07, 6.45) is 5.61. The van der Waals surface area contributed by atoms with Crippen molar-refractivity contribution >= 4 is 17.9 Å². The van der Waals surface area contributed by atoms with Crippen molar-refractivity contribution in [3.8, 4) is 0 Å². The van der Waals surface area contributed by atoms with Crippen LogP contribution in [0.15, 0.2) is 49.6 Å². The fourth-order valence-corrected chi connectivity index (χ4v) is 5.42. The van der Waals surface area contributed by atoms with Crippen LogP contribution in [0, 0.1) is 5.41 Å². The summed E-state index contributed by atoms with van der Waals surface area (Å²) in [6.45, 7) is 16.1. The molecule has 0 bridgehead atoms. The summed E-state index contributed by atoms with van der Waals surface area (Å²) in [5, 5.41) is 3.06. The van der Waals surface area contributed by atoms with Gasteiger partial charge in [-0.05, 0) is 57.6 Å². The smallest absolute Gasteiger partial charge is 0.410 e. The summed E-state index contributed by atoms with van der Waals surface area (Å²) in [5.41, 5.74) is 0.852. The lowest BCUT2D eigenvalue weighted by atomic mass is 9.76. The Labute approximate surface area is 244 Å². The average Bonchev–Trinajstić information content (AvgIpc) is 2.95. The van der Waals surface area contributed by atoms with Gasteiger partial charge in [0.25, 0.3) is 0 Å². The van der Waals surface area contributed by atoms with E-state index in [0.29, 0.717) is 71.7 Å². The number of amides is 3. The molecular weight excluding hydrogens is 522 g/mol. The summed E-state index contributed by atoms with van der Waals surface area (Å²) in [6, 6.07) is 7.81. The minimum atomic E-state index is -0.793. The third kappa shape index (κ3) is 9.16. The Morgan fingerprint density at radius 2 is 1.73 bits per heavy atom. The first-order chi connectivity index (χ1) is 19.6. The molecule has 0 aliphatic carbocycles. The lowest BCUT2D eigenvalue weighted by Crippen LogP contribution is -2.56. The van der Waals surface area contributed by atoms with E-state index >= 15 is 0 Å². The third-order valence-electron chi connectivity index (χ3n) is 7.53. The number of carbonyl (C=O) groups is 3. The van der Waals surface area contributed by atoms with Crippen LogP contribution in [0.3, 0.4) is 0 Å². The zero-order valence-corrected chi connectivity index (χ0v) is 25.0. The standard InChI is InChI=1S/C32H47N3O6/c1-6-20-39-22-10-13-28(36)33-23-27-26-12-9-8-11-25(26)14-17-35(27)29(37)32(24-40-21-7-2)15-18-34(19-16-32)30(38)41-31(3,4)5/h6-9,11-12,27H,1-2,10,13-24H2,3-5H3,(H,33,36). The van der Waals surface area contributed by atoms with E-state index in [2.05, 4.69) is 24.5 Å². The molecule has 3 amide bonds.